The van der Waals surface area contributed by atoms with Crippen LogP contribution in [0.5, 0.6) is 5.75 Å². The molecule has 0 aliphatic rings. The lowest BCUT2D eigenvalue weighted by Crippen LogP contribution is -1.96. The molecule has 2 aromatic rings. The first-order valence-electron chi connectivity index (χ1n) is 4.82. The molecule has 0 saturated heterocycles. The zero-order valence-corrected chi connectivity index (χ0v) is 9.32. The quantitative estimate of drug-likeness (QED) is 0.831. The Morgan fingerprint density at radius 3 is 2.69 bits per heavy atom. The molecule has 3 nitrogen and oxygen atoms in total. The topological polar surface area (TPSA) is 48.1 Å². The molecule has 16 heavy (non-hydrogen) atoms. The highest BCUT2D eigenvalue weighted by molar-refractivity contribution is 6.32. The standard InChI is InChI=1S/C12H11ClN2O/c13-11-2-1-10(14)7-12(11)16-8-9-3-5-15-6-4-9/h1-7H,8,14H2. The van der Waals surface area contributed by atoms with E-state index in [1.165, 1.54) is 0 Å². The third-order valence-electron chi connectivity index (χ3n) is 2.10. The summed E-state index contributed by atoms with van der Waals surface area (Å²) in [5.74, 6) is 0.596. The number of nitrogens with zero attached hydrogens (tertiary/aromatic N) is 1. The zero-order chi connectivity index (χ0) is 11.4. The Bertz CT molecular complexity index is 474. The van der Waals surface area contributed by atoms with Gasteiger partial charge >= 0.3 is 0 Å². The number of nitrogens with two attached hydrogens (primary N) is 1. The second-order valence-electron chi connectivity index (χ2n) is 3.33. The van der Waals surface area contributed by atoms with Crippen molar-refractivity contribution in [2.24, 2.45) is 0 Å². The Morgan fingerprint density at radius 2 is 1.94 bits per heavy atom. The number of pyridine rings is 1. The summed E-state index contributed by atoms with van der Waals surface area (Å²) in [5.41, 5.74) is 7.32. The molecular formula is C12H11ClN2O. The summed E-state index contributed by atoms with van der Waals surface area (Å²) < 4.78 is 5.56. The van der Waals surface area contributed by atoms with Crippen LogP contribution in [0.4, 0.5) is 5.69 Å². The maximum atomic E-state index is 5.97. The second-order valence-corrected chi connectivity index (χ2v) is 3.74. The van der Waals surface area contributed by atoms with Crippen LogP contribution in [-0.4, -0.2) is 4.98 Å². The minimum Gasteiger partial charge on any atom is -0.487 e. The van der Waals surface area contributed by atoms with Gasteiger partial charge in [0.1, 0.15) is 12.4 Å². The summed E-state index contributed by atoms with van der Waals surface area (Å²) in [6, 6.07) is 8.95. The molecule has 0 bridgehead atoms. The van der Waals surface area contributed by atoms with Crippen LogP contribution in [-0.2, 0) is 6.61 Å². The monoisotopic (exact) mass is 234 g/mol. The molecule has 1 heterocycles. The predicted octanol–water partition coefficient (Wildman–Crippen LogP) is 2.90. The lowest BCUT2D eigenvalue weighted by Gasteiger charge is -2.08. The number of aromatic nitrogens is 1. The number of benzene rings is 1. The molecule has 4 heteroatoms. The van der Waals surface area contributed by atoms with Crippen molar-refractivity contribution in [3.63, 3.8) is 0 Å². The fourth-order valence-electron chi connectivity index (χ4n) is 1.27. The van der Waals surface area contributed by atoms with E-state index in [-0.39, 0.29) is 0 Å². The maximum Gasteiger partial charge on any atom is 0.140 e. The van der Waals surface area contributed by atoms with Gasteiger partial charge in [-0.2, -0.15) is 0 Å². The van der Waals surface area contributed by atoms with E-state index in [4.69, 9.17) is 22.1 Å². The lowest BCUT2D eigenvalue weighted by atomic mass is 10.3. The van der Waals surface area contributed by atoms with Crippen LogP contribution in [0.3, 0.4) is 0 Å². The Balaban J connectivity index is 2.08. The number of ether oxygens (including phenoxy) is 1. The Labute approximate surface area is 98.8 Å². The van der Waals surface area contributed by atoms with E-state index in [9.17, 15) is 0 Å². The lowest BCUT2D eigenvalue weighted by molar-refractivity contribution is 0.306. The molecule has 2 rings (SSSR count). The van der Waals surface area contributed by atoms with Crippen molar-refractivity contribution in [2.45, 2.75) is 6.61 Å². The van der Waals surface area contributed by atoms with Crippen molar-refractivity contribution in [1.29, 1.82) is 0 Å². The van der Waals surface area contributed by atoms with E-state index in [1.54, 1.807) is 30.6 Å². The Hall–Kier alpha value is -1.74. The first kappa shape index (κ1) is 10.8. The Morgan fingerprint density at radius 1 is 1.19 bits per heavy atom. The number of halogens is 1. The van der Waals surface area contributed by atoms with Crippen molar-refractivity contribution >= 4 is 17.3 Å². The van der Waals surface area contributed by atoms with Crippen LogP contribution in [0.15, 0.2) is 42.7 Å². The van der Waals surface area contributed by atoms with Crippen LogP contribution in [0.25, 0.3) is 0 Å². The SMILES string of the molecule is Nc1ccc(Cl)c(OCc2ccncc2)c1. The first-order valence-corrected chi connectivity index (χ1v) is 5.20. The largest absolute Gasteiger partial charge is 0.487 e. The van der Waals surface area contributed by atoms with E-state index >= 15 is 0 Å². The molecule has 0 aliphatic carbocycles. The van der Waals surface area contributed by atoms with Crippen molar-refractivity contribution in [3.8, 4) is 5.75 Å². The molecule has 0 spiro atoms. The second kappa shape index (κ2) is 4.86. The number of hydrogen-bond donors (Lipinski definition) is 1. The minimum atomic E-state index is 0.450. The van der Waals surface area contributed by atoms with Crippen LogP contribution in [0, 0.1) is 0 Å². The van der Waals surface area contributed by atoms with Gasteiger partial charge in [0.2, 0.25) is 0 Å². The molecule has 0 amide bonds. The summed E-state index contributed by atoms with van der Waals surface area (Å²) in [4.78, 5) is 3.93. The van der Waals surface area contributed by atoms with Gasteiger partial charge in [-0.05, 0) is 29.8 Å². The fourth-order valence-corrected chi connectivity index (χ4v) is 1.44. The van der Waals surface area contributed by atoms with Crippen molar-refractivity contribution < 1.29 is 4.74 Å². The predicted molar refractivity (Wildman–Crippen MR) is 64.4 cm³/mol. The number of nitrogen functional groups attached to an aromatic ring is 1. The number of anilines is 1. The average molecular weight is 235 g/mol. The molecule has 0 unspecified atom stereocenters. The van der Waals surface area contributed by atoms with Gasteiger partial charge in [-0.1, -0.05) is 11.6 Å². The summed E-state index contributed by atoms with van der Waals surface area (Å²) in [6.07, 6.45) is 3.44. The van der Waals surface area contributed by atoms with Crippen LogP contribution in [0.1, 0.15) is 5.56 Å². The molecule has 82 valence electrons. The van der Waals surface area contributed by atoms with Gasteiger partial charge < -0.3 is 10.5 Å². The molecule has 0 radical (unpaired) electrons. The highest BCUT2D eigenvalue weighted by atomic mass is 35.5. The maximum absolute atomic E-state index is 5.97. The molecule has 0 saturated carbocycles. The third kappa shape index (κ3) is 2.64. The summed E-state index contributed by atoms with van der Waals surface area (Å²) in [5, 5.41) is 0.559. The fraction of sp³-hybridized carbons (Fsp3) is 0.0833. The van der Waals surface area contributed by atoms with Gasteiger partial charge in [0.05, 0.1) is 5.02 Å². The summed E-state index contributed by atoms with van der Waals surface area (Å²) >= 11 is 5.97. The van der Waals surface area contributed by atoms with E-state index in [1.807, 2.05) is 12.1 Å². The molecular weight excluding hydrogens is 224 g/mol. The van der Waals surface area contributed by atoms with Gasteiger partial charge in [0.15, 0.2) is 0 Å². The highest BCUT2D eigenvalue weighted by Crippen LogP contribution is 2.27. The third-order valence-corrected chi connectivity index (χ3v) is 2.41. The summed E-state index contributed by atoms with van der Waals surface area (Å²) in [7, 11) is 0. The molecule has 1 aromatic heterocycles. The zero-order valence-electron chi connectivity index (χ0n) is 8.56. The number of rotatable bonds is 3. The van der Waals surface area contributed by atoms with Gasteiger partial charge in [0, 0.05) is 24.1 Å². The van der Waals surface area contributed by atoms with Crippen molar-refractivity contribution in [1.82, 2.24) is 4.98 Å². The van der Waals surface area contributed by atoms with Gasteiger partial charge in [-0.25, -0.2) is 0 Å². The first-order chi connectivity index (χ1) is 7.75. The molecule has 1 aromatic carbocycles. The van der Waals surface area contributed by atoms with Crippen LogP contribution < -0.4 is 10.5 Å². The van der Waals surface area contributed by atoms with Crippen molar-refractivity contribution in [3.05, 3.63) is 53.3 Å². The van der Waals surface area contributed by atoms with Gasteiger partial charge in [-0.3, -0.25) is 4.98 Å². The van der Waals surface area contributed by atoms with E-state index < -0.39 is 0 Å². The van der Waals surface area contributed by atoms with Gasteiger partial charge in [0.25, 0.3) is 0 Å². The molecule has 2 N–H and O–H groups in total. The summed E-state index contributed by atoms with van der Waals surface area (Å²) in [6.45, 7) is 0.450. The molecule has 0 aliphatic heterocycles. The normalized spacial score (nSPS) is 10.1. The van der Waals surface area contributed by atoms with E-state index in [0.717, 1.165) is 5.56 Å². The van der Waals surface area contributed by atoms with E-state index in [0.29, 0.717) is 23.1 Å². The van der Waals surface area contributed by atoms with Crippen LogP contribution >= 0.6 is 11.6 Å². The highest BCUT2D eigenvalue weighted by Gasteiger charge is 2.02. The van der Waals surface area contributed by atoms with E-state index in [2.05, 4.69) is 4.98 Å². The number of hydrogen-bond acceptors (Lipinski definition) is 3. The smallest absolute Gasteiger partial charge is 0.140 e. The van der Waals surface area contributed by atoms with Gasteiger partial charge in [-0.15, -0.1) is 0 Å². The van der Waals surface area contributed by atoms with Crippen molar-refractivity contribution in [2.75, 3.05) is 5.73 Å². The minimum absolute atomic E-state index is 0.450. The Kier molecular flexibility index (Phi) is 3.27. The average Bonchev–Trinajstić information content (AvgIpc) is 2.32. The molecule has 0 fully saturated rings. The van der Waals surface area contributed by atoms with Crippen LogP contribution in [0.2, 0.25) is 5.02 Å². The molecule has 0 atom stereocenters.